The minimum absolute atomic E-state index is 0.0311. The van der Waals surface area contributed by atoms with Crippen LogP contribution >= 0.6 is 11.6 Å². The van der Waals surface area contributed by atoms with Crippen molar-refractivity contribution in [3.8, 4) is 0 Å². The van der Waals surface area contributed by atoms with Crippen LogP contribution in [0.15, 0.2) is 82.1 Å². The Morgan fingerprint density at radius 2 is 1.80 bits per heavy atom. The normalized spacial score (nSPS) is 25.2. The predicted molar refractivity (Wildman–Crippen MR) is 141 cm³/mol. The summed E-state index contributed by atoms with van der Waals surface area (Å²) in [5.41, 5.74) is 3.44. The largest absolute Gasteiger partial charge is 0.371 e. The first-order chi connectivity index (χ1) is 16.7. The summed E-state index contributed by atoms with van der Waals surface area (Å²) in [5.74, 6) is -0.0786. The number of aliphatic imine (C=N–C) groups is 1. The van der Waals surface area contributed by atoms with Crippen molar-refractivity contribution >= 4 is 41.0 Å². The molecule has 0 bridgehead atoms. The molecule has 0 spiro atoms. The molecule has 0 saturated carbocycles. The highest BCUT2D eigenvalue weighted by Gasteiger charge is 2.49. The van der Waals surface area contributed by atoms with Gasteiger partial charge in [-0.1, -0.05) is 48.0 Å². The Morgan fingerprint density at radius 1 is 1.11 bits per heavy atom. The Labute approximate surface area is 211 Å². The van der Waals surface area contributed by atoms with Gasteiger partial charge in [0, 0.05) is 54.8 Å². The lowest BCUT2D eigenvalue weighted by Gasteiger charge is -2.47. The van der Waals surface area contributed by atoms with E-state index in [1.54, 1.807) is 19.3 Å². The number of carbonyl (C=O) groups excluding carboxylic acids is 2. The number of para-hydroxylation sites is 2. The van der Waals surface area contributed by atoms with Gasteiger partial charge in [-0.3, -0.25) is 14.6 Å². The molecule has 3 heterocycles. The number of amides is 2. The van der Waals surface area contributed by atoms with E-state index in [-0.39, 0.29) is 23.9 Å². The SMILES string of the molecule is CC(=O)N(c1ccccc1)C1CC(C)N(C(=O)C2(C)CN(C)C3=CN=CC3=C2Cl)c2ccccc21. The van der Waals surface area contributed by atoms with E-state index < -0.39 is 5.41 Å². The molecule has 0 aliphatic carbocycles. The first-order valence-corrected chi connectivity index (χ1v) is 12.2. The summed E-state index contributed by atoms with van der Waals surface area (Å²) in [6.07, 6.45) is 4.13. The summed E-state index contributed by atoms with van der Waals surface area (Å²) >= 11 is 6.90. The Morgan fingerprint density at radius 3 is 2.51 bits per heavy atom. The molecule has 0 radical (unpaired) electrons. The van der Waals surface area contributed by atoms with Crippen molar-refractivity contribution in [2.24, 2.45) is 10.4 Å². The van der Waals surface area contributed by atoms with Crippen LogP contribution in [-0.4, -0.2) is 42.6 Å². The van der Waals surface area contributed by atoms with Crippen molar-refractivity contribution in [3.05, 3.63) is 82.7 Å². The van der Waals surface area contributed by atoms with Crippen LogP contribution in [0.5, 0.6) is 0 Å². The number of rotatable bonds is 3. The number of hydrogen-bond donors (Lipinski definition) is 0. The molecule has 0 N–H and O–H groups in total. The van der Waals surface area contributed by atoms with E-state index >= 15 is 0 Å². The summed E-state index contributed by atoms with van der Waals surface area (Å²) < 4.78 is 0. The number of nitrogens with zero attached hydrogens (tertiary/aromatic N) is 4. The van der Waals surface area contributed by atoms with Gasteiger partial charge >= 0.3 is 0 Å². The van der Waals surface area contributed by atoms with Gasteiger partial charge in [-0.25, -0.2) is 0 Å². The Bertz CT molecular complexity index is 1280. The second kappa shape index (κ2) is 8.68. The summed E-state index contributed by atoms with van der Waals surface area (Å²) in [7, 11) is 1.96. The minimum Gasteiger partial charge on any atom is -0.371 e. The van der Waals surface area contributed by atoms with Crippen molar-refractivity contribution in [3.63, 3.8) is 0 Å². The number of halogens is 1. The molecule has 0 aromatic heterocycles. The Balaban J connectivity index is 1.58. The molecule has 2 aromatic rings. The van der Waals surface area contributed by atoms with Gasteiger partial charge in [0.1, 0.15) is 5.41 Å². The highest BCUT2D eigenvalue weighted by molar-refractivity contribution is 6.35. The van der Waals surface area contributed by atoms with Crippen LogP contribution in [0.2, 0.25) is 0 Å². The molecule has 6 nitrogen and oxygen atoms in total. The standard InChI is InChI=1S/C28H29ClN4O2/c1-18-14-24(33(19(2)34)20-10-6-5-7-11-20)21-12-8-9-13-23(21)32(18)27(35)28(3)17-31(4)25-16-30-15-22(25)26(28)29/h5-13,15-16,18,24H,14,17H2,1-4H3. The van der Waals surface area contributed by atoms with Gasteiger partial charge in [0.05, 0.1) is 17.9 Å². The monoisotopic (exact) mass is 488 g/mol. The summed E-state index contributed by atoms with van der Waals surface area (Å²) in [6, 6.07) is 17.3. The molecule has 3 atom stereocenters. The quantitative estimate of drug-likeness (QED) is 0.591. The van der Waals surface area contributed by atoms with Crippen LogP contribution < -0.4 is 9.80 Å². The van der Waals surface area contributed by atoms with Crippen molar-refractivity contribution < 1.29 is 9.59 Å². The number of fused-ring (bicyclic) bond motifs is 2. The Hall–Kier alpha value is -3.38. The van der Waals surface area contributed by atoms with Crippen molar-refractivity contribution in [1.82, 2.24) is 4.90 Å². The van der Waals surface area contributed by atoms with Crippen LogP contribution in [0.1, 0.15) is 38.8 Å². The molecule has 2 amide bonds. The fourth-order valence-electron chi connectivity index (χ4n) is 5.65. The third-order valence-electron chi connectivity index (χ3n) is 7.30. The van der Waals surface area contributed by atoms with Crippen molar-refractivity contribution in [2.45, 2.75) is 39.3 Å². The van der Waals surface area contributed by atoms with Crippen molar-refractivity contribution in [1.29, 1.82) is 0 Å². The summed E-state index contributed by atoms with van der Waals surface area (Å²) in [6.45, 7) is 6.01. The molecule has 2 aromatic carbocycles. The third-order valence-corrected chi connectivity index (χ3v) is 7.92. The van der Waals surface area contributed by atoms with E-state index in [0.717, 1.165) is 28.2 Å². The van der Waals surface area contributed by atoms with Crippen molar-refractivity contribution in [2.75, 3.05) is 23.4 Å². The van der Waals surface area contributed by atoms with Gasteiger partial charge in [0.25, 0.3) is 0 Å². The van der Waals surface area contributed by atoms with Gasteiger partial charge < -0.3 is 14.7 Å². The number of hydrogen-bond acceptors (Lipinski definition) is 4. The lowest BCUT2D eigenvalue weighted by molar-refractivity contribution is -0.126. The maximum atomic E-state index is 14.3. The van der Waals surface area contributed by atoms with Gasteiger partial charge in [-0.05, 0) is 44.0 Å². The fraction of sp³-hybridized carbons (Fsp3) is 0.321. The summed E-state index contributed by atoms with van der Waals surface area (Å²) in [4.78, 5) is 37.2. The molecule has 3 aliphatic heterocycles. The van der Waals surface area contributed by atoms with Crippen LogP contribution in [0, 0.1) is 5.41 Å². The molecule has 0 saturated heterocycles. The zero-order chi connectivity index (χ0) is 24.9. The number of anilines is 2. The number of carbonyl (C=O) groups is 2. The lowest BCUT2D eigenvalue weighted by Crippen LogP contribution is -2.55. The maximum absolute atomic E-state index is 14.3. The molecule has 5 rings (SSSR count). The van der Waals surface area contributed by atoms with E-state index in [0.29, 0.717) is 18.0 Å². The van der Waals surface area contributed by atoms with E-state index in [4.69, 9.17) is 11.6 Å². The molecular formula is C28H29ClN4O2. The highest BCUT2D eigenvalue weighted by Crippen LogP contribution is 2.48. The maximum Gasteiger partial charge on any atom is 0.240 e. The van der Waals surface area contributed by atoms with E-state index in [1.807, 2.05) is 90.2 Å². The summed E-state index contributed by atoms with van der Waals surface area (Å²) in [5, 5.41) is 0.523. The highest BCUT2D eigenvalue weighted by atomic mass is 35.5. The van der Waals surface area contributed by atoms with Gasteiger partial charge in [-0.2, -0.15) is 0 Å². The molecular weight excluding hydrogens is 460 g/mol. The van der Waals surface area contributed by atoms with E-state index in [9.17, 15) is 9.59 Å². The first-order valence-electron chi connectivity index (χ1n) is 11.9. The van der Waals surface area contributed by atoms with Gasteiger partial charge in [-0.15, -0.1) is 0 Å². The second-order valence-corrected chi connectivity index (χ2v) is 10.1. The second-order valence-electron chi connectivity index (χ2n) is 9.77. The Kier molecular flexibility index (Phi) is 5.80. The van der Waals surface area contributed by atoms with E-state index in [2.05, 4.69) is 4.99 Å². The number of likely N-dealkylation sites (N-methyl/N-ethyl adjacent to an activating group) is 1. The molecule has 180 valence electrons. The van der Waals surface area contributed by atoms with E-state index in [1.165, 1.54) is 0 Å². The molecule has 35 heavy (non-hydrogen) atoms. The number of benzene rings is 2. The molecule has 7 heteroatoms. The molecule has 0 fully saturated rings. The van der Waals surface area contributed by atoms with Crippen LogP contribution in [-0.2, 0) is 9.59 Å². The van der Waals surface area contributed by atoms with Crippen LogP contribution in [0.3, 0.4) is 0 Å². The average molecular weight is 489 g/mol. The predicted octanol–water partition coefficient (Wildman–Crippen LogP) is 5.28. The lowest BCUT2D eigenvalue weighted by atomic mass is 9.80. The topological polar surface area (TPSA) is 56.2 Å². The zero-order valence-electron chi connectivity index (χ0n) is 20.4. The van der Waals surface area contributed by atoms with Crippen LogP contribution in [0.4, 0.5) is 11.4 Å². The fourth-order valence-corrected chi connectivity index (χ4v) is 5.94. The average Bonchev–Trinajstić information content (AvgIpc) is 3.34. The third kappa shape index (κ3) is 3.67. The first kappa shape index (κ1) is 23.4. The van der Waals surface area contributed by atoms with Gasteiger partial charge in [0.2, 0.25) is 11.8 Å². The molecule has 3 unspecified atom stereocenters. The number of allylic oxidation sites excluding steroid dienone is 1. The zero-order valence-corrected chi connectivity index (χ0v) is 21.2. The van der Waals surface area contributed by atoms with Crippen LogP contribution in [0.25, 0.3) is 0 Å². The minimum atomic E-state index is -0.923. The smallest absolute Gasteiger partial charge is 0.240 e. The van der Waals surface area contributed by atoms with Gasteiger partial charge in [0.15, 0.2) is 0 Å². The molecule has 3 aliphatic rings.